The maximum Gasteiger partial charge on any atom is 0.103 e. The van der Waals surface area contributed by atoms with Gasteiger partial charge in [-0.3, -0.25) is 0 Å². The van der Waals surface area contributed by atoms with Crippen LogP contribution in [0.5, 0.6) is 0 Å². The van der Waals surface area contributed by atoms with Gasteiger partial charge in [-0.05, 0) is 27.7 Å². The Morgan fingerprint density at radius 3 is 1.23 bits per heavy atom. The molecule has 0 bridgehead atoms. The van der Waals surface area contributed by atoms with Gasteiger partial charge in [0.15, 0.2) is 0 Å². The number of ether oxygens (including phenoxy) is 1. The van der Waals surface area contributed by atoms with E-state index in [9.17, 15) is 0 Å². The first-order chi connectivity index (χ1) is 5.55. The summed E-state index contributed by atoms with van der Waals surface area (Å²) in [7, 11) is 0. The van der Waals surface area contributed by atoms with E-state index in [1.165, 1.54) is 0 Å². The number of alkyl halides is 4. The van der Waals surface area contributed by atoms with Gasteiger partial charge >= 0.3 is 0 Å². The highest BCUT2D eigenvalue weighted by Crippen LogP contribution is 2.36. The Kier molecular flexibility index (Phi) is 6.05. The first-order valence-corrected chi connectivity index (χ1v) is 7.13. The van der Waals surface area contributed by atoms with Gasteiger partial charge in [0.1, 0.15) is 6.47 Å². The minimum Gasteiger partial charge on any atom is -0.371 e. The summed E-state index contributed by atoms with van der Waals surface area (Å²) >= 11 is 14.0. The molecule has 80 valence electrons. The zero-order valence-corrected chi connectivity index (χ0v) is 14.4. The van der Waals surface area contributed by atoms with E-state index in [2.05, 4.69) is 63.7 Å². The van der Waals surface area contributed by atoms with Gasteiger partial charge in [-0.25, -0.2) is 0 Å². The van der Waals surface area contributed by atoms with E-state index in [0.717, 1.165) is 0 Å². The van der Waals surface area contributed by atoms with Crippen LogP contribution in [0.1, 0.15) is 27.7 Å². The molecule has 0 rings (SSSR count). The van der Waals surface area contributed by atoms with Gasteiger partial charge < -0.3 is 4.74 Å². The van der Waals surface area contributed by atoms with Crippen LogP contribution in [-0.4, -0.2) is 18.7 Å². The standard InChI is InChI=1S/C8H14Br4O/c1-5(7(3,9)10)13-6(2)8(4,11)12/h5-6H,1-4H3. The second kappa shape index (κ2) is 5.28. The zero-order valence-electron chi connectivity index (χ0n) is 8.07. The van der Waals surface area contributed by atoms with Crippen LogP contribution in [-0.2, 0) is 4.74 Å². The fourth-order valence-corrected chi connectivity index (χ4v) is 0.977. The van der Waals surface area contributed by atoms with Gasteiger partial charge in [0, 0.05) is 0 Å². The lowest BCUT2D eigenvalue weighted by Gasteiger charge is -2.31. The van der Waals surface area contributed by atoms with Crippen molar-refractivity contribution >= 4 is 63.7 Å². The molecule has 0 fully saturated rings. The lowest BCUT2D eigenvalue weighted by Crippen LogP contribution is -2.36. The van der Waals surface area contributed by atoms with Crippen LogP contribution in [0.4, 0.5) is 0 Å². The van der Waals surface area contributed by atoms with Crippen molar-refractivity contribution in [3.8, 4) is 0 Å². The lowest BCUT2D eigenvalue weighted by atomic mass is 10.2. The van der Waals surface area contributed by atoms with E-state index in [0.29, 0.717) is 0 Å². The van der Waals surface area contributed by atoms with E-state index in [1.807, 2.05) is 27.7 Å². The predicted octanol–water partition coefficient (Wildman–Crippen LogP) is 4.79. The Morgan fingerprint density at radius 2 is 1.08 bits per heavy atom. The molecular weight excluding hydrogens is 432 g/mol. The molecule has 0 aromatic rings. The second-order valence-corrected chi connectivity index (χ2v) is 12.1. The smallest absolute Gasteiger partial charge is 0.103 e. The van der Waals surface area contributed by atoms with Crippen LogP contribution in [0.15, 0.2) is 0 Å². The van der Waals surface area contributed by atoms with Crippen molar-refractivity contribution in [2.75, 3.05) is 0 Å². The first kappa shape index (κ1) is 14.9. The quantitative estimate of drug-likeness (QED) is 0.565. The van der Waals surface area contributed by atoms with Crippen molar-refractivity contribution in [2.45, 2.75) is 46.4 Å². The average molecular weight is 446 g/mol. The number of halogens is 4. The van der Waals surface area contributed by atoms with Crippen molar-refractivity contribution in [3.63, 3.8) is 0 Å². The number of hydrogen-bond acceptors (Lipinski definition) is 1. The molecule has 0 aromatic heterocycles. The van der Waals surface area contributed by atoms with Crippen LogP contribution >= 0.6 is 63.7 Å². The molecule has 0 saturated heterocycles. The average Bonchev–Trinajstić information content (AvgIpc) is 1.82. The SMILES string of the molecule is CC(OC(C)C(C)(Br)Br)C(C)(Br)Br. The van der Waals surface area contributed by atoms with E-state index in [4.69, 9.17) is 4.74 Å². The van der Waals surface area contributed by atoms with Crippen LogP contribution < -0.4 is 0 Å². The summed E-state index contributed by atoms with van der Waals surface area (Å²) < 4.78 is 5.43. The van der Waals surface area contributed by atoms with E-state index in [1.54, 1.807) is 0 Å². The summed E-state index contributed by atoms with van der Waals surface area (Å²) in [4.78, 5) is 0. The molecular formula is C8H14Br4O. The molecule has 0 amide bonds. The zero-order chi connectivity index (χ0) is 10.9. The largest absolute Gasteiger partial charge is 0.371 e. The molecule has 0 aliphatic rings. The summed E-state index contributed by atoms with van der Waals surface area (Å²) in [5.74, 6) is 0. The second-order valence-electron chi connectivity index (χ2n) is 3.33. The Hall–Kier alpha value is 1.88. The highest BCUT2D eigenvalue weighted by Gasteiger charge is 2.32. The Bertz CT molecular complexity index is 141. The molecule has 13 heavy (non-hydrogen) atoms. The third-order valence-electron chi connectivity index (χ3n) is 1.84. The summed E-state index contributed by atoms with van der Waals surface area (Å²) in [6, 6.07) is 0. The molecule has 0 aromatic carbocycles. The van der Waals surface area contributed by atoms with Gasteiger partial charge in [-0.1, -0.05) is 63.7 Å². The molecule has 0 heterocycles. The van der Waals surface area contributed by atoms with Gasteiger partial charge in [0.25, 0.3) is 0 Å². The monoisotopic (exact) mass is 442 g/mol. The molecule has 0 aliphatic carbocycles. The highest BCUT2D eigenvalue weighted by molar-refractivity contribution is 9.25. The fourth-order valence-electron chi connectivity index (χ4n) is 0.545. The molecule has 2 atom stereocenters. The molecule has 2 unspecified atom stereocenters. The van der Waals surface area contributed by atoms with Crippen molar-refractivity contribution in [3.05, 3.63) is 0 Å². The van der Waals surface area contributed by atoms with E-state index >= 15 is 0 Å². The van der Waals surface area contributed by atoms with Crippen LogP contribution in [0.2, 0.25) is 0 Å². The topological polar surface area (TPSA) is 9.23 Å². The van der Waals surface area contributed by atoms with Crippen LogP contribution in [0.25, 0.3) is 0 Å². The van der Waals surface area contributed by atoms with E-state index in [-0.39, 0.29) is 18.7 Å². The van der Waals surface area contributed by atoms with Gasteiger partial charge in [0.2, 0.25) is 0 Å². The third-order valence-corrected chi connectivity index (χ3v) is 4.41. The Labute approximate surface area is 114 Å². The Morgan fingerprint density at radius 1 is 0.846 bits per heavy atom. The normalized spacial score (nSPS) is 18.5. The number of rotatable bonds is 4. The summed E-state index contributed by atoms with van der Waals surface area (Å²) in [6.45, 7) is 8.08. The van der Waals surface area contributed by atoms with Crippen molar-refractivity contribution in [1.82, 2.24) is 0 Å². The minimum absolute atomic E-state index is 0.0805. The maximum absolute atomic E-state index is 5.79. The van der Waals surface area contributed by atoms with Crippen LogP contribution in [0.3, 0.4) is 0 Å². The summed E-state index contributed by atoms with van der Waals surface area (Å²) in [6.07, 6.45) is 0.161. The molecule has 0 radical (unpaired) electrons. The van der Waals surface area contributed by atoms with Crippen molar-refractivity contribution in [1.29, 1.82) is 0 Å². The molecule has 0 N–H and O–H groups in total. The van der Waals surface area contributed by atoms with Crippen LogP contribution in [0, 0.1) is 0 Å². The van der Waals surface area contributed by atoms with Crippen molar-refractivity contribution in [2.24, 2.45) is 0 Å². The highest BCUT2D eigenvalue weighted by atomic mass is 79.9. The molecule has 1 nitrogen and oxygen atoms in total. The first-order valence-electron chi connectivity index (χ1n) is 3.96. The van der Waals surface area contributed by atoms with E-state index < -0.39 is 0 Å². The van der Waals surface area contributed by atoms with Gasteiger partial charge in [-0.2, -0.15) is 0 Å². The van der Waals surface area contributed by atoms with Crippen molar-refractivity contribution < 1.29 is 4.74 Å². The third kappa shape index (κ3) is 6.13. The summed E-state index contributed by atoms with van der Waals surface area (Å²) in [5.41, 5.74) is 0. The number of hydrogen-bond donors (Lipinski definition) is 0. The van der Waals surface area contributed by atoms with Gasteiger partial charge in [0.05, 0.1) is 12.2 Å². The minimum atomic E-state index is -0.181. The molecule has 0 spiro atoms. The molecule has 5 heteroatoms. The Balaban J connectivity index is 4.15. The van der Waals surface area contributed by atoms with Gasteiger partial charge in [-0.15, -0.1) is 0 Å². The fraction of sp³-hybridized carbons (Fsp3) is 1.00. The molecule has 0 saturated carbocycles. The predicted molar refractivity (Wildman–Crippen MR) is 72.5 cm³/mol. The maximum atomic E-state index is 5.79. The lowest BCUT2D eigenvalue weighted by molar-refractivity contribution is 0.00534. The molecule has 0 aliphatic heterocycles. The summed E-state index contributed by atoms with van der Waals surface area (Å²) in [5, 5.41) is 0.